The quantitative estimate of drug-likeness (QED) is 0.224. The molecule has 0 aromatic heterocycles. The Balaban J connectivity index is 5.26. The van der Waals surface area contributed by atoms with Crippen LogP contribution in [0, 0.1) is 5.92 Å². The predicted octanol–water partition coefficient (Wildman–Crippen LogP) is 6.54. The van der Waals surface area contributed by atoms with Gasteiger partial charge in [-0.25, -0.2) is 4.79 Å². The molecule has 28 heavy (non-hydrogen) atoms. The van der Waals surface area contributed by atoms with Gasteiger partial charge in [-0.2, -0.15) is 0 Å². The van der Waals surface area contributed by atoms with Crippen molar-refractivity contribution in [3.05, 3.63) is 12.2 Å². The normalized spacial score (nSPS) is 16.3. The molecule has 0 bridgehead atoms. The molecule has 0 aliphatic carbocycles. The third kappa shape index (κ3) is 8.93. The zero-order chi connectivity index (χ0) is 22.4. The molecule has 0 aromatic rings. The summed E-state index contributed by atoms with van der Waals surface area (Å²) in [4.78, 5) is 11.7. The van der Waals surface area contributed by atoms with Crippen LogP contribution in [0.5, 0.6) is 0 Å². The lowest BCUT2D eigenvalue weighted by Gasteiger charge is -2.41. The molecule has 0 aliphatic heterocycles. The minimum Gasteiger partial charge on any atom is -0.463 e. The molecule has 0 aliphatic rings. The Kier molecular flexibility index (Phi) is 10.4. The second-order valence-electron chi connectivity index (χ2n) is 10.8. The number of rotatable bonds is 10. The van der Waals surface area contributed by atoms with Crippen molar-refractivity contribution in [3.63, 3.8) is 0 Å². The Hall–Kier alpha value is -0.436. The predicted molar refractivity (Wildman–Crippen MR) is 125 cm³/mol. The summed E-state index contributed by atoms with van der Waals surface area (Å²) in [5.41, 5.74) is 0. The largest absolute Gasteiger partial charge is 0.463 e. The number of ether oxygens (including phenoxy) is 1. The first-order valence-electron chi connectivity index (χ1n) is 10.6. The smallest absolute Gasteiger partial charge is 0.330 e. The highest BCUT2D eigenvalue weighted by atomic mass is 28.4. The molecule has 0 aromatic carbocycles. The Morgan fingerprint density at radius 3 is 1.89 bits per heavy atom. The maximum atomic E-state index is 11.7. The van der Waals surface area contributed by atoms with E-state index in [4.69, 9.17) is 13.6 Å². The van der Waals surface area contributed by atoms with Crippen molar-refractivity contribution < 1.29 is 18.4 Å². The van der Waals surface area contributed by atoms with Crippen LogP contribution in [0.1, 0.15) is 61.8 Å². The average molecular weight is 431 g/mol. The summed E-state index contributed by atoms with van der Waals surface area (Å²) >= 11 is 0. The SMILES string of the molecule is CCOC(=O)/C=C/[C@@H](C)[C@H](CCO[Si](C)(C)C(C)(C)C)O[Si](C)(C)C(C)(C)C. The molecule has 2 atom stereocenters. The molecule has 6 heteroatoms. The summed E-state index contributed by atoms with van der Waals surface area (Å²) in [6.07, 6.45) is 4.30. The molecule has 0 N–H and O–H groups in total. The molecular weight excluding hydrogens is 384 g/mol. The van der Waals surface area contributed by atoms with Gasteiger partial charge in [-0.1, -0.05) is 54.5 Å². The lowest BCUT2D eigenvalue weighted by molar-refractivity contribution is -0.137. The van der Waals surface area contributed by atoms with E-state index in [0.29, 0.717) is 13.2 Å². The topological polar surface area (TPSA) is 44.8 Å². The third-order valence-electron chi connectivity index (χ3n) is 6.33. The summed E-state index contributed by atoms with van der Waals surface area (Å²) in [7, 11) is -3.71. The van der Waals surface area contributed by atoms with E-state index in [-0.39, 0.29) is 28.1 Å². The third-order valence-corrected chi connectivity index (χ3v) is 15.4. The second-order valence-corrected chi connectivity index (χ2v) is 20.3. The van der Waals surface area contributed by atoms with Crippen molar-refractivity contribution in [3.8, 4) is 0 Å². The van der Waals surface area contributed by atoms with Crippen molar-refractivity contribution >= 4 is 22.6 Å². The summed E-state index contributed by atoms with van der Waals surface area (Å²) in [5, 5.41) is 0.328. The van der Waals surface area contributed by atoms with E-state index < -0.39 is 16.6 Å². The molecule has 166 valence electrons. The van der Waals surface area contributed by atoms with Gasteiger partial charge in [0.25, 0.3) is 0 Å². The molecule has 0 rings (SSSR count). The van der Waals surface area contributed by atoms with Crippen molar-refractivity contribution in [1.29, 1.82) is 0 Å². The van der Waals surface area contributed by atoms with Crippen LogP contribution in [0.3, 0.4) is 0 Å². The molecule has 0 fully saturated rings. The van der Waals surface area contributed by atoms with Crippen molar-refractivity contribution in [2.45, 2.75) is 104 Å². The fourth-order valence-electron chi connectivity index (χ4n) is 2.18. The van der Waals surface area contributed by atoms with Gasteiger partial charge in [0.05, 0.1) is 12.7 Å². The van der Waals surface area contributed by atoms with Crippen LogP contribution >= 0.6 is 0 Å². The number of esters is 1. The molecular formula is C22H46O4Si2. The van der Waals surface area contributed by atoms with Crippen molar-refractivity contribution in [1.82, 2.24) is 0 Å². The Morgan fingerprint density at radius 1 is 0.964 bits per heavy atom. The van der Waals surface area contributed by atoms with Gasteiger partial charge in [-0.15, -0.1) is 0 Å². The van der Waals surface area contributed by atoms with Crippen LogP contribution in [0.25, 0.3) is 0 Å². The van der Waals surface area contributed by atoms with E-state index >= 15 is 0 Å². The molecule has 0 unspecified atom stereocenters. The summed E-state index contributed by atoms with van der Waals surface area (Å²) < 4.78 is 18.1. The van der Waals surface area contributed by atoms with E-state index in [1.54, 1.807) is 0 Å². The number of carbonyl (C=O) groups is 1. The molecule has 0 saturated carbocycles. The number of hydrogen-bond acceptors (Lipinski definition) is 4. The van der Waals surface area contributed by atoms with Crippen LogP contribution in [0.15, 0.2) is 12.2 Å². The zero-order valence-corrected chi connectivity index (χ0v) is 22.6. The monoisotopic (exact) mass is 430 g/mol. The van der Waals surface area contributed by atoms with Crippen LogP contribution in [0.4, 0.5) is 0 Å². The fraction of sp³-hybridized carbons (Fsp3) is 0.864. The maximum absolute atomic E-state index is 11.7. The minimum atomic E-state index is -1.93. The van der Waals surface area contributed by atoms with Gasteiger partial charge in [-0.3, -0.25) is 0 Å². The average Bonchev–Trinajstić information content (AvgIpc) is 2.49. The van der Waals surface area contributed by atoms with Crippen molar-refractivity contribution in [2.24, 2.45) is 5.92 Å². The Bertz CT molecular complexity index is 514. The van der Waals surface area contributed by atoms with Gasteiger partial charge in [0, 0.05) is 12.7 Å². The molecule has 0 amide bonds. The van der Waals surface area contributed by atoms with Crippen molar-refractivity contribution in [2.75, 3.05) is 13.2 Å². The number of hydrogen-bond donors (Lipinski definition) is 0. The summed E-state index contributed by atoms with van der Waals surface area (Å²) in [6, 6.07) is 0. The van der Waals surface area contributed by atoms with Gasteiger partial charge in [0.2, 0.25) is 0 Å². The minimum absolute atomic E-state index is 0.0244. The lowest BCUT2D eigenvalue weighted by Crippen LogP contribution is -2.46. The van der Waals surface area contributed by atoms with Crippen LogP contribution in [-0.2, 0) is 18.4 Å². The van der Waals surface area contributed by atoms with Gasteiger partial charge < -0.3 is 13.6 Å². The summed E-state index contributed by atoms with van der Waals surface area (Å²) in [5.74, 6) is -0.181. The van der Waals surface area contributed by atoms with Gasteiger partial charge in [0.1, 0.15) is 0 Å². The number of carbonyl (C=O) groups excluding carboxylic acids is 1. The van der Waals surface area contributed by atoms with Gasteiger partial charge in [-0.05, 0) is 55.5 Å². The summed E-state index contributed by atoms with van der Waals surface area (Å²) in [6.45, 7) is 27.6. The molecule has 0 spiro atoms. The van der Waals surface area contributed by atoms with Crippen LogP contribution < -0.4 is 0 Å². The second kappa shape index (κ2) is 10.6. The van der Waals surface area contributed by atoms with Gasteiger partial charge in [0.15, 0.2) is 16.6 Å². The first-order chi connectivity index (χ1) is 12.4. The highest BCUT2D eigenvalue weighted by Crippen LogP contribution is 2.39. The molecule has 0 heterocycles. The fourth-order valence-corrected chi connectivity index (χ4v) is 4.68. The molecule has 4 nitrogen and oxygen atoms in total. The van der Waals surface area contributed by atoms with Crippen LogP contribution in [0.2, 0.25) is 36.3 Å². The van der Waals surface area contributed by atoms with E-state index in [2.05, 4.69) is 74.7 Å². The Morgan fingerprint density at radius 2 is 1.46 bits per heavy atom. The van der Waals surface area contributed by atoms with E-state index in [0.717, 1.165) is 6.42 Å². The highest BCUT2D eigenvalue weighted by molar-refractivity contribution is 6.74. The maximum Gasteiger partial charge on any atom is 0.330 e. The lowest BCUT2D eigenvalue weighted by atomic mass is 10.0. The van der Waals surface area contributed by atoms with E-state index in [1.807, 2.05) is 13.0 Å². The van der Waals surface area contributed by atoms with Crippen LogP contribution in [-0.4, -0.2) is 41.9 Å². The highest BCUT2D eigenvalue weighted by Gasteiger charge is 2.41. The molecule has 0 saturated heterocycles. The first kappa shape index (κ1) is 27.6. The van der Waals surface area contributed by atoms with E-state index in [9.17, 15) is 4.79 Å². The van der Waals surface area contributed by atoms with E-state index in [1.165, 1.54) is 6.08 Å². The van der Waals surface area contributed by atoms with Gasteiger partial charge >= 0.3 is 5.97 Å². The Labute approximate surface area is 176 Å². The molecule has 0 radical (unpaired) electrons. The standard InChI is InChI=1S/C22H46O4Si2/c1-13-24-20(23)15-14-18(2)19(26-28(11,12)22(6,7)8)16-17-25-27(9,10)21(3,4)5/h14-15,18-19H,13,16-17H2,1-12H3/b15-14+/t18-,19+/m1/s1. The first-order valence-corrected chi connectivity index (χ1v) is 16.4. The zero-order valence-electron chi connectivity index (χ0n) is 20.6.